The van der Waals surface area contributed by atoms with Crippen molar-refractivity contribution in [1.82, 2.24) is 0 Å². The summed E-state index contributed by atoms with van der Waals surface area (Å²) in [7, 11) is 4.78. The fourth-order valence-electron chi connectivity index (χ4n) is 2.72. The van der Waals surface area contributed by atoms with Crippen molar-refractivity contribution >= 4 is 0 Å². The zero-order valence-electron chi connectivity index (χ0n) is 12.2. The molecule has 1 aliphatic heterocycles. The van der Waals surface area contributed by atoms with Crippen molar-refractivity contribution in [3.63, 3.8) is 0 Å². The van der Waals surface area contributed by atoms with Gasteiger partial charge < -0.3 is 24.1 Å². The molecule has 1 N–H and O–H groups in total. The first-order valence-electron chi connectivity index (χ1n) is 6.70. The molecule has 5 nitrogen and oxygen atoms in total. The zero-order valence-corrected chi connectivity index (χ0v) is 12.2. The Balaban J connectivity index is 2.43. The van der Waals surface area contributed by atoms with Gasteiger partial charge in [0.1, 0.15) is 23.2 Å². The number of benzene rings is 1. The summed E-state index contributed by atoms with van der Waals surface area (Å²) in [5.41, 5.74) is -0.0403. The fourth-order valence-corrected chi connectivity index (χ4v) is 2.72. The van der Waals surface area contributed by atoms with Crippen molar-refractivity contribution in [2.24, 2.45) is 0 Å². The standard InChI is InChI=1S/C15H22O5/c1-17-11-5-4-6-12(18-2)13(11)14(16)15(19-3)7-9-20-10-8-15/h4-6,14,16H,7-10H2,1-3H3. The average Bonchev–Trinajstić information content (AvgIpc) is 2.53. The van der Waals surface area contributed by atoms with Gasteiger partial charge in [-0.2, -0.15) is 0 Å². The molecule has 2 rings (SSSR count). The first kappa shape index (κ1) is 15.1. The topological polar surface area (TPSA) is 57.2 Å². The van der Waals surface area contributed by atoms with Gasteiger partial charge in [-0.15, -0.1) is 0 Å². The maximum Gasteiger partial charge on any atom is 0.128 e. The van der Waals surface area contributed by atoms with Crippen LogP contribution in [0.4, 0.5) is 0 Å². The highest BCUT2D eigenvalue weighted by molar-refractivity contribution is 5.47. The van der Waals surface area contributed by atoms with Gasteiger partial charge in [-0.1, -0.05) is 6.07 Å². The van der Waals surface area contributed by atoms with Crippen LogP contribution in [0.3, 0.4) is 0 Å². The Morgan fingerprint density at radius 1 is 1.10 bits per heavy atom. The van der Waals surface area contributed by atoms with Gasteiger partial charge in [-0.25, -0.2) is 0 Å². The molecular formula is C15H22O5. The lowest BCUT2D eigenvalue weighted by Gasteiger charge is -2.40. The van der Waals surface area contributed by atoms with Gasteiger partial charge in [0.15, 0.2) is 0 Å². The van der Waals surface area contributed by atoms with E-state index >= 15 is 0 Å². The summed E-state index contributed by atoms with van der Waals surface area (Å²) in [6, 6.07) is 5.45. The highest BCUT2D eigenvalue weighted by Gasteiger charge is 2.43. The molecule has 0 spiro atoms. The van der Waals surface area contributed by atoms with Gasteiger partial charge in [0.25, 0.3) is 0 Å². The van der Waals surface area contributed by atoms with Gasteiger partial charge in [0.05, 0.1) is 19.8 Å². The van der Waals surface area contributed by atoms with Crippen LogP contribution in [0, 0.1) is 0 Å². The van der Waals surface area contributed by atoms with Crippen LogP contribution in [-0.2, 0) is 9.47 Å². The Hall–Kier alpha value is -1.30. The zero-order chi connectivity index (χ0) is 14.6. The van der Waals surface area contributed by atoms with Crippen molar-refractivity contribution < 1.29 is 24.1 Å². The predicted octanol–water partition coefficient (Wildman–Crippen LogP) is 1.93. The van der Waals surface area contributed by atoms with Crippen LogP contribution in [-0.4, -0.2) is 45.3 Å². The van der Waals surface area contributed by atoms with Crippen molar-refractivity contribution in [3.05, 3.63) is 23.8 Å². The lowest BCUT2D eigenvalue weighted by Crippen LogP contribution is -2.44. The van der Waals surface area contributed by atoms with Gasteiger partial charge in [0, 0.05) is 33.2 Å². The quantitative estimate of drug-likeness (QED) is 0.894. The van der Waals surface area contributed by atoms with Crippen LogP contribution in [0.15, 0.2) is 18.2 Å². The summed E-state index contributed by atoms with van der Waals surface area (Å²) in [4.78, 5) is 0. The van der Waals surface area contributed by atoms with Crippen LogP contribution in [0.5, 0.6) is 11.5 Å². The third kappa shape index (κ3) is 2.61. The highest BCUT2D eigenvalue weighted by Crippen LogP contribution is 2.44. The monoisotopic (exact) mass is 282 g/mol. The second-order valence-electron chi connectivity index (χ2n) is 4.86. The van der Waals surface area contributed by atoms with E-state index in [9.17, 15) is 5.11 Å². The lowest BCUT2D eigenvalue weighted by atomic mass is 9.83. The predicted molar refractivity (Wildman–Crippen MR) is 74.3 cm³/mol. The molecule has 0 bridgehead atoms. The molecule has 20 heavy (non-hydrogen) atoms. The third-order valence-electron chi connectivity index (χ3n) is 3.98. The molecule has 1 saturated heterocycles. The first-order chi connectivity index (χ1) is 9.68. The van der Waals surface area contributed by atoms with E-state index in [-0.39, 0.29) is 0 Å². The van der Waals surface area contributed by atoms with Crippen molar-refractivity contribution in [2.45, 2.75) is 24.5 Å². The molecule has 1 atom stereocenters. The molecule has 0 saturated carbocycles. The SMILES string of the molecule is COc1cccc(OC)c1C(O)C1(OC)CCOCC1. The Morgan fingerprint density at radius 3 is 2.10 bits per heavy atom. The molecule has 1 aromatic carbocycles. The summed E-state index contributed by atoms with van der Waals surface area (Å²) < 4.78 is 21.7. The van der Waals surface area contributed by atoms with E-state index in [4.69, 9.17) is 18.9 Å². The molecule has 1 heterocycles. The minimum absolute atomic E-state index is 0.572. The number of hydrogen-bond acceptors (Lipinski definition) is 5. The van der Waals surface area contributed by atoms with Crippen LogP contribution < -0.4 is 9.47 Å². The van der Waals surface area contributed by atoms with E-state index < -0.39 is 11.7 Å². The summed E-state index contributed by atoms with van der Waals surface area (Å²) in [6.07, 6.45) is 0.431. The van der Waals surface area contributed by atoms with E-state index in [0.29, 0.717) is 43.1 Å². The van der Waals surface area contributed by atoms with E-state index in [1.807, 2.05) is 18.2 Å². The van der Waals surface area contributed by atoms with Gasteiger partial charge in [0.2, 0.25) is 0 Å². The molecule has 1 unspecified atom stereocenters. The molecule has 112 valence electrons. The number of rotatable bonds is 5. The molecular weight excluding hydrogens is 260 g/mol. The molecule has 0 aromatic heterocycles. The largest absolute Gasteiger partial charge is 0.496 e. The van der Waals surface area contributed by atoms with Gasteiger partial charge in [-0.3, -0.25) is 0 Å². The van der Waals surface area contributed by atoms with Crippen LogP contribution in [0.25, 0.3) is 0 Å². The molecule has 0 amide bonds. The Morgan fingerprint density at radius 2 is 1.65 bits per heavy atom. The highest BCUT2D eigenvalue weighted by atomic mass is 16.5. The molecule has 1 fully saturated rings. The molecule has 5 heteroatoms. The van der Waals surface area contributed by atoms with Crippen molar-refractivity contribution in [1.29, 1.82) is 0 Å². The van der Waals surface area contributed by atoms with Crippen LogP contribution >= 0.6 is 0 Å². The van der Waals surface area contributed by atoms with E-state index in [1.165, 1.54) is 0 Å². The Labute approximate surface area is 119 Å². The summed E-state index contributed by atoms with van der Waals surface area (Å²) in [5.74, 6) is 1.19. The number of ether oxygens (including phenoxy) is 4. The van der Waals surface area contributed by atoms with E-state index in [1.54, 1.807) is 21.3 Å². The average molecular weight is 282 g/mol. The van der Waals surface area contributed by atoms with Crippen molar-refractivity contribution in [3.8, 4) is 11.5 Å². The summed E-state index contributed by atoms with van der Waals surface area (Å²) >= 11 is 0. The second kappa shape index (κ2) is 6.43. The molecule has 1 aromatic rings. The van der Waals surface area contributed by atoms with Crippen molar-refractivity contribution in [2.75, 3.05) is 34.5 Å². The third-order valence-corrected chi connectivity index (χ3v) is 3.98. The summed E-state index contributed by atoms with van der Waals surface area (Å²) in [6.45, 7) is 1.14. The lowest BCUT2D eigenvalue weighted by molar-refractivity contribution is -0.155. The molecule has 0 radical (unpaired) electrons. The normalized spacial score (nSPS) is 19.4. The van der Waals surface area contributed by atoms with E-state index in [2.05, 4.69) is 0 Å². The maximum atomic E-state index is 10.9. The molecule has 0 aliphatic carbocycles. The van der Waals surface area contributed by atoms with E-state index in [0.717, 1.165) is 0 Å². The van der Waals surface area contributed by atoms with Gasteiger partial charge in [-0.05, 0) is 12.1 Å². The number of hydrogen-bond donors (Lipinski definition) is 1. The second-order valence-corrected chi connectivity index (χ2v) is 4.86. The maximum absolute atomic E-state index is 10.9. The van der Waals surface area contributed by atoms with Gasteiger partial charge >= 0.3 is 0 Å². The minimum atomic E-state index is -0.831. The minimum Gasteiger partial charge on any atom is -0.496 e. The summed E-state index contributed by atoms with van der Waals surface area (Å²) in [5, 5.41) is 10.9. The number of aliphatic hydroxyl groups excluding tert-OH is 1. The smallest absolute Gasteiger partial charge is 0.128 e. The number of methoxy groups -OCH3 is 3. The Bertz CT molecular complexity index is 418. The van der Waals surface area contributed by atoms with Crippen LogP contribution in [0.1, 0.15) is 24.5 Å². The fraction of sp³-hybridized carbons (Fsp3) is 0.600. The van der Waals surface area contributed by atoms with Crippen LogP contribution in [0.2, 0.25) is 0 Å². The first-order valence-corrected chi connectivity index (χ1v) is 6.70. The molecule has 1 aliphatic rings. The Kier molecular flexibility index (Phi) is 4.86. The number of aliphatic hydroxyl groups is 1.